The predicted octanol–water partition coefficient (Wildman–Crippen LogP) is 3.45. The summed E-state index contributed by atoms with van der Waals surface area (Å²) in [4.78, 5) is 19.1. The summed E-state index contributed by atoms with van der Waals surface area (Å²) in [6, 6.07) is 5.28. The van der Waals surface area contributed by atoms with Crippen LogP contribution in [0.25, 0.3) is 11.1 Å². The first kappa shape index (κ1) is 16.2. The zero-order chi connectivity index (χ0) is 16.7. The molecule has 23 heavy (non-hydrogen) atoms. The number of rotatable bonds is 2. The van der Waals surface area contributed by atoms with Crippen molar-refractivity contribution in [2.75, 3.05) is 13.6 Å². The van der Waals surface area contributed by atoms with Gasteiger partial charge >= 0.3 is 0 Å². The Bertz CT molecular complexity index is 805. The number of hydrogen-bond acceptors (Lipinski definition) is 3. The third kappa shape index (κ3) is 2.71. The van der Waals surface area contributed by atoms with Gasteiger partial charge in [0.2, 0.25) is 0 Å². The molecule has 0 saturated heterocycles. The summed E-state index contributed by atoms with van der Waals surface area (Å²) in [5.74, 6) is -0.0468. The summed E-state index contributed by atoms with van der Waals surface area (Å²) in [7, 11) is 1.79. The quantitative estimate of drug-likeness (QED) is 0.903. The Hall–Kier alpha value is -1.62. The number of halogens is 2. The molecule has 2 aromatic rings. The Morgan fingerprint density at radius 1 is 1.30 bits per heavy atom. The van der Waals surface area contributed by atoms with Gasteiger partial charge in [-0.25, -0.2) is 0 Å². The van der Waals surface area contributed by atoms with E-state index in [9.17, 15) is 4.79 Å². The standard InChI is InChI=1S/C17H17Cl2N3O/c1-9-12(8-20)15(11-4-3-10(18)7-13(11)19)16-14(21-9)5-6-22(2)17(16)23/h3-4,7H,5-6,8,20H2,1-2H3. The van der Waals surface area contributed by atoms with E-state index >= 15 is 0 Å². The average molecular weight is 350 g/mol. The number of likely N-dealkylation sites (N-methyl/N-ethyl adjacent to an activating group) is 1. The Kier molecular flexibility index (Phi) is 4.32. The molecule has 0 saturated carbocycles. The number of carbonyl (C=O) groups is 1. The second kappa shape index (κ2) is 6.11. The van der Waals surface area contributed by atoms with Crippen LogP contribution in [0.1, 0.15) is 27.3 Å². The average Bonchev–Trinajstić information content (AvgIpc) is 2.50. The van der Waals surface area contributed by atoms with Crippen molar-refractivity contribution in [2.45, 2.75) is 19.9 Å². The van der Waals surface area contributed by atoms with Gasteiger partial charge in [0.05, 0.1) is 11.3 Å². The summed E-state index contributed by atoms with van der Waals surface area (Å²) in [5.41, 5.74) is 10.6. The lowest BCUT2D eigenvalue weighted by molar-refractivity contribution is 0.0780. The van der Waals surface area contributed by atoms with Gasteiger partial charge in [-0.05, 0) is 24.6 Å². The summed E-state index contributed by atoms with van der Waals surface area (Å²) in [6.07, 6.45) is 0.724. The number of fused-ring (bicyclic) bond motifs is 1. The molecule has 0 fully saturated rings. The maximum Gasteiger partial charge on any atom is 0.256 e. The Balaban J connectivity index is 2.38. The molecule has 1 aliphatic heterocycles. The molecule has 4 nitrogen and oxygen atoms in total. The third-order valence-electron chi connectivity index (χ3n) is 4.23. The molecule has 2 heterocycles. The number of hydrogen-bond donors (Lipinski definition) is 1. The first-order valence-corrected chi connectivity index (χ1v) is 8.13. The number of carbonyl (C=O) groups excluding carboxylic acids is 1. The SMILES string of the molecule is Cc1nc2c(c(-c3ccc(Cl)cc3Cl)c1CN)C(=O)N(C)CC2. The van der Waals surface area contributed by atoms with Crippen LogP contribution in [-0.2, 0) is 13.0 Å². The van der Waals surface area contributed by atoms with E-state index in [0.717, 1.165) is 34.5 Å². The van der Waals surface area contributed by atoms with Crippen LogP contribution in [0.5, 0.6) is 0 Å². The molecule has 1 aromatic heterocycles. The monoisotopic (exact) mass is 349 g/mol. The minimum atomic E-state index is -0.0468. The lowest BCUT2D eigenvalue weighted by atomic mass is 9.89. The van der Waals surface area contributed by atoms with Crippen LogP contribution < -0.4 is 5.73 Å². The fraction of sp³-hybridized carbons (Fsp3) is 0.294. The molecule has 3 rings (SSSR count). The zero-order valence-corrected chi connectivity index (χ0v) is 14.5. The van der Waals surface area contributed by atoms with Crippen molar-refractivity contribution in [3.05, 3.63) is 50.8 Å². The minimum Gasteiger partial charge on any atom is -0.341 e. The topological polar surface area (TPSA) is 59.2 Å². The van der Waals surface area contributed by atoms with Crippen molar-refractivity contribution in [1.82, 2.24) is 9.88 Å². The van der Waals surface area contributed by atoms with Gasteiger partial charge in [0.25, 0.3) is 5.91 Å². The van der Waals surface area contributed by atoms with Crippen molar-refractivity contribution in [3.8, 4) is 11.1 Å². The van der Waals surface area contributed by atoms with E-state index in [0.29, 0.717) is 22.2 Å². The highest BCUT2D eigenvalue weighted by molar-refractivity contribution is 6.36. The fourth-order valence-corrected chi connectivity index (χ4v) is 3.52. The Labute approximate surface area is 145 Å². The minimum absolute atomic E-state index is 0.0468. The van der Waals surface area contributed by atoms with Gasteiger partial charge in [-0.15, -0.1) is 0 Å². The van der Waals surface area contributed by atoms with Crippen LogP contribution in [-0.4, -0.2) is 29.4 Å². The molecule has 0 atom stereocenters. The highest BCUT2D eigenvalue weighted by atomic mass is 35.5. The lowest BCUT2D eigenvalue weighted by Crippen LogP contribution is -2.36. The highest BCUT2D eigenvalue weighted by Crippen LogP contribution is 2.38. The van der Waals surface area contributed by atoms with Gasteiger partial charge in [0.1, 0.15) is 0 Å². The Morgan fingerprint density at radius 2 is 2.04 bits per heavy atom. The number of benzene rings is 1. The first-order valence-electron chi connectivity index (χ1n) is 7.37. The summed E-state index contributed by atoms with van der Waals surface area (Å²) in [5, 5.41) is 1.05. The largest absolute Gasteiger partial charge is 0.341 e. The first-order chi connectivity index (χ1) is 10.9. The molecular formula is C17H17Cl2N3O. The summed E-state index contributed by atoms with van der Waals surface area (Å²) >= 11 is 12.4. The van der Waals surface area contributed by atoms with Gasteiger partial charge in [-0.2, -0.15) is 0 Å². The molecule has 0 aliphatic carbocycles. The molecule has 1 aromatic carbocycles. The number of aryl methyl sites for hydroxylation is 1. The molecular weight excluding hydrogens is 333 g/mol. The third-order valence-corrected chi connectivity index (χ3v) is 4.78. The molecule has 1 amide bonds. The molecule has 120 valence electrons. The van der Waals surface area contributed by atoms with Crippen LogP contribution in [0, 0.1) is 6.92 Å². The number of nitrogens with two attached hydrogens (primary N) is 1. The molecule has 1 aliphatic rings. The van der Waals surface area contributed by atoms with Crippen molar-refractivity contribution in [2.24, 2.45) is 5.73 Å². The fourth-order valence-electron chi connectivity index (χ4n) is 3.02. The summed E-state index contributed by atoms with van der Waals surface area (Å²) < 4.78 is 0. The van der Waals surface area contributed by atoms with Crippen molar-refractivity contribution < 1.29 is 4.79 Å². The van der Waals surface area contributed by atoms with Gasteiger partial charge in [0, 0.05) is 53.4 Å². The van der Waals surface area contributed by atoms with Crippen LogP contribution in [0.3, 0.4) is 0 Å². The van der Waals surface area contributed by atoms with E-state index < -0.39 is 0 Å². The van der Waals surface area contributed by atoms with Crippen molar-refractivity contribution in [3.63, 3.8) is 0 Å². The van der Waals surface area contributed by atoms with Gasteiger partial charge in [-0.1, -0.05) is 29.3 Å². The van der Waals surface area contributed by atoms with E-state index in [-0.39, 0.29) is 12.5 Å². The highest BCUT2D eigenvalue weighted by Gasteiger charge is 2.29. The van der Waals surface area contributed by atoms with Crippen LogP contribution in [0.15, 0.2) is 18.2 Å². The van der Waals surface area contributed by atoms with Crippen molar-refractivity contribution >= 4 is 29.1 Å². The predicted molar refractivity (Wildman–Crippen MR) is 93.0 cm³/mol. The van der Waals surface area contributed by atoms with E-state index in [2.05, 4.69) is 4.98 Å². The number of aromatic nitrogens is 1. The van der Waals surface area contributed by atoms with Gasteiger partial charge in [0.15, 0.2) is 0 Å². The molecule has 6 heteroatoms. The van der Waals surface area contributed by atoms with Crippen LogP contribution >= 0.6 is 23.2 Å². The van der Waals surface area contributed by atoms with E-state index in [1.54, 1.807) is 24.1 Å². The van der Waals surface area contributed by atoms with Gasteiger partial charge < -0.3 is 10.6 Å². The molecule has 0 unspecified atom stereocenters. The normalized spacial score (nSPS) is 14.1. The number of pyridine rings is 1. The number of amides is 1. The molecule has 2 N–H and O–H groups in total. The zero-order valence-electron chi connectivity index (χ0n) is 13.0. The second-order valence-corrected chi connectivity index (χ2v) is 6.52. The maximum absolute atomic E-state index is 12.7. The second-order valence-electron chi connectivity index (χ2n) is 5.68. The van der Waals surface area contributed by atoms with Crippen LogP contribution in [0.2, 0.25) is 10.0 Å². The van der Waals surface area contributed by atoms with E-state index in [1.165, 1.54) is 0 Å². The molecule has 0 bridgehead atoms. The van der Waals surface area contributed by atoms with Gasteiger partial charge in [-0.3, -0.25) is 9.78 Å². The smallest absolute Gasteiger partial charge is 0.256 e. The lowest BCUT2D eigenvalue weighted by Gasteiger charge is -2.28. The van der Waals surface area contributed by atoms with Crippen molar-refractivity contribution in [1.29, 1.82) is 0 Å². The molecule has 0 radical (unpaired) electrons. The molecule has 0 spiro atoms. The van der Waals surface area contributed by atoms with Crippen LogP contribution in [0.4, 0.5) is 0 Å². The van der Waals surface area contributed by atoms with E-state index in [1.807, 2.05) is 13.0 Å². The maximum atomic E-state index is 12.7. The van der Waals surface area contributed by atoms with E-state index in [4.69, 9.17) is 28.9 Å². The number of nitrogens with zero attached hydrogens (tertiary/aromatic N) is 2. The summed E-state index contributed by atoms with van der Waals surface area (Å²) in [6.45, 7) is 2.87. The Morgan fingerprint density at radius 3 is 2.70 bits per heavy atom.